The number of rotatable bonds is 3. The number of urea groups is 1. The Kier molecular flexibility index (Phi) is 7.50. The van der Waals surface area contributed by atoms with Crippen molar-refractivity contribution < 1.29 is 43.1 Å². The summed E-state index contributed by atoms with van der Waals surface area (Å²) in [4.78, 5) is 75.5. The first-order chi connectivity index (χ1) is 14.4. The van der Waals surface area contributed by atoms with Gasteiger partial charge in [-0.3, -0.25) is 24.2 Å². The van der Waals surface area contributed by atoms with Crippen molar-refractivity contribution in [3.05, 3.63) is 0 Å². The number of nitrogens with zero attached hydrogens (tertiary/aromatic N) is 4. The highest BCUT2D eigenvalue weighted by molar-refractivity contribution is 6.36. The molecule has 0 unspecified atom stereocenters. The van der Waals surface area contributed by atoms with Crippen molar-refractivity contribution in [2.75, 3.05) is 21.2 Å². The van der Waals surface area contributed by atoms with E-state index < -0.39 is 52.5 Å². The van der Waals surface area contributed by atoms with Gasteiger partial charge in [-0.25, -0.2) is 14.4 Å². The number of ether oxygens (including phenoxy) is 2. The zero-order valence-corrected chi connectivity index (χ0v) is 20.0. The van der Waals surface area contributed by atoms with E-state index >= 15 is 0 Å². The van der Waals surface area contributed by atoms with Gasteiger partial charge in [-0.2, -0.15) is 0 Å². The lowest BCUT2D eigenvalue weighted by Gasteiger charge is -2.44. The molecule has 13 nitrogen and oxygen atoms in total. The van der Waals surface area contributed by atoms with Gasteiger partial charge in [-0.15, -0.1) is 5.06 Å². The summed E-state index contributed by atoms with van der Waals surface area (Å²) < 4.78 is 10.3. The first-order valence-electron chi connectivity index (χ1n) is 9.52. The summed E-state index contributed by atoms with van der Waals surface area (Å²) in [6.07, 6.45) is -2.79. The van der Waals surface area contributed by atoms with Crippen molar-refractivity contribution in [2.24, 2.45) is 5.16 Å². The molecule has 0 N–H and O–H groups in total. The van der Waals surface area contributed by atoms with Crippen LogP contribution in [0.2, 0.25) is 0 Å². The van der Waals surface area contributed by atoms with Gasteiger partial charge in [0, 0.05) is 14.1 Å². The second-order valence-corrected chi connectivity index (χ2v) is 8.91. The van der Waals surface area contributed by atoms with Gasteiger partial charge >= 0.3 is 18.3 Å². The third kappa shape index (κ3) is 5.26. The number of hydroxylamine groups is 2. The molecule has 1 rings (SSSR count). The Morgan fingerprint density at radius 2 is 1.34 bits per heavy atom. The number of likely N-dealkylation sites (N-methyl/N-ethyl adjacent to an activating group) is 2. The van der Waals surface area contributed by atoms with Crippen molar-refractivity contribution in [3.8, 4) is 0 Å². The Hall–Kier alpha value is -3.38. The summed E-state index contributed by atoms with van der Waals surface area (Å²) in [5, 5.41) is 3.74. The van der Waals surface area contributed by atoms with Gasteiger partial charge < -0.3 is 14.3 Å². The molecule has 0 bridgehead atoms. The lowest BCUT2D eigenvalue weighted by molar-refractivity contribution is -0.191. The molecule has 1 aliphatic rings. The van der Waals surface area contributed by atoms with E-state index in [4.69, 9.17) is 19.1 Å². The fourth-order valence-electron chi connectivity index (χ4n) is 2.70. The van der Waals surface area contributed by atoms with Gasteiger partial charge in [0.15, 0.2) is 0 Å². The third-order valence-electron chi connectivity index (χ3n) is 3.97. The monoisotopic (exact) mass is 458 g/mol. The molecular weight excluding hydrogens is 428 g/mol. The first-order valence-corrected chi connectivity index (χ1v) is 9.52. The van der Waals surface area contributed by atoms with Crippen LogP contribution in [-0.2, 0) is 28.7 Å². The zero-order valence-electron chi connectivity index (χ0n) is 20.0. The molecule has 1 fully saturated rings. The Balaban J connectivity index is 3.81. The maximum absolute atomic E-state index is 13.3. The normalized spacial score (nSPS) is 17.2. The van der Waals surface area contributed by atoms with Crippen LogP contribution in [0.4, 0.5) is 14.4 Å². The summed E-state index contributed by atoms with van der Waals surface area (Å²) in [5.41, 5.74) is -5.30. The number of carbonyl (C=O) groups excluding carboxylic acids is 5. The molecule has 1 aliphatic heterocycles. The second-order valence-electron chi connectivity index (χ2n) is 8.91. The van der Waals surface area contributed by atoms with Gasteiger partial charge in [-0.1, -0.05) is 5.16 Å². The van der Waals surface area contributed by atoms with Gasteiger partial charge in [0.1, 0.15) is 24.0 Å². The summed E-state index contributed by atoms with van der Waals surface area (Å²) in [7, 11) is 3.31. The highest BCUT2D eigenvalue weighted by Crippen LogP contribution is 2.31. The third-order valence-corrected chi connectivity index (χ3v) is 3.97. The number of oxime groups is 1. The molecule has 0 saturated carbocycles. The Labute approximate surface area is 186 Å². The molecule has 1 heterocycles. The number of hydrogen-bond acceptors (Lipinski definition) is 10. The number of imide groups is 2. The van der Waals surface area contributed by atoms with E-state index in [2.05, 4.69) is 5.16 Å². The van der Waals surface area contributed by atoms with Crippen LogP contribution in [0, 0.1) is 0 Å². The molecular formula is C19H30N4O9. The molecule has 0 aromatic rings. The molecule has 0 spiro atoms. The Morgan fingerprint density at radius 3 is 1.72 bits per heavy atom. The van der Waals surface area contributed by atoms with E-state index in [0.717, 1.165) is 21.2 Å². The maximum atomic E-state index is 13.3. The van der Waals surface area contributed by atoms with Crippen molar-refractivity contribution >= 4 is 35.8 Å². The standard InChI is InChI=1S/C19H30N4O9/c1-11(20-29-10)19(12(24)21(8)14(26)22(9)13(19)25)23(15(27)30-17(2,3)4)32-16(28)31-18(5,6)7/h1-10H3/b20-11+. The van der Waals surface area contributed by atoms with Crippen LogP contribution in [0.5, 0.6) is 0 Å². The molecule has 5 amide bonds. The van der Waals surface area contributed by atoms with E-state index in [1.165, 1.54) is 48.5 Å². The highest BCUT2D eigenvalue weighted by Gasteiger charge is 2.66. The van der Waals surface area contributed by atoms with Crippen LogP contribution in [0.3, 0.4) is 0 Å². The van der Waals surface area contributed by atoms with E-state index in [1.807, 2.05) is 0 Å². The predicted molar refractivity (Wildman–Crippen MR) is 109 cm³/mol. The number of carbonyl (C=O) groups is 5. The summed E-state index contributed by atoms with van der Waals surface area (Å²) in [6.45, 7) is 10.4. The predicted octanol–water partition coefficient (Wildman–Crippen LogP) is 1.90. The van der Waals surface area contributed by atoms with Crippen LogP contribution in [0.1, 0.15) is 48.5 Å². The molecule has 0 radical (unpaired) electrons. The SMILES string of the molecule is CO/N=C(\C)C1(N(OC(=O)OC(C)(C)C)C(=O)OC(C)(C)C)C(=O)N(C)C(=O)N(C)C1=O. The summed E-state index contributed by atoms with van der Waals surface area (Å²) in [6, 6.07) is -0.970. The number of barbiturate groups is 1. The lowest BCUT2D eigenvalue weighted by Crippen LogP contribution is -2.77. The van der Waals surface area contributed by atoms with Gasteiger partial charge in [0.2, 0.25) is 0 Å². The average molecular weight is 458 g/mol. The second kappa shape index (κ2) is 9.01. The van der Waals surface area contributed by atoms with Crippen LogP contribution >= 0.6 is 0 Å². The lowest BCUT2D eigenvalue weighted by atomic mass is 9.88. The molecule has 180 valence electrons. The smallest absolute Gasteiger partial charge is 0.442 e. The van der Waals surface area contributed by atoms with Crippen LogP contribution < -0.4 is 0 Å². The quantitative estimate of drug-likeness (QED) is 0.268. The van der Waals surface area contributed by atoms with Crippen LogP contribution in [-0.4, -0.2) is 88.6 Å². The first kappa shape index (κ1) is 26.7. The number of amides is 5. The fraction of sp³-hybridized carbons (Fsp3) is 0.684. The summed E-state index contributed by atoms with van der Waals surface area (Å²) >= 11 is 0. The summed E-state index contributed by atoms with van der Waals surface area (Å²) in [5.74, 6) is -2.45. The molecule has 0 atom stereocenters. The molecule has 0 aromatic heterocycles. The minimum Gasteiger partial charge on any atom is -0.442 e. The van der Waals surface area contributed by atoms with Gasteiger partial charge in [-0.05, 0) is 48.5 Å². The zero-order chi connectivity index (χ0) is 25.2. The molecule has 0 aromatic carbocycles. The van der Waals surface area contributed by atoms with E-state index in [1.54, 1.807) is 0 Å². The largest absolute Gasteiger partial charge is 0.534 e. The van der Waals surface area contributed by atoms with Gasteiger partial charge in [0.05, 0.1) is 0 Å². The highest BCUT2D eigenvalue weighted by atomic mass is 16.8. The van der Waals surface area contributed by atoms with Crippen molar-refractivity contribution in [3.63, 3.8) is 0 Å². The van der Waals surface area contributed by atoms with Crippen LogP contribution in [0.25, 0.3) is 0 Å². The Bertz CT molecular complexity index is 815. The van der Waals surface area contributed by atoms with Crippen molar-refractivity contribution in [1.29, 1.82) is 0 Å². The van der Waals surface area contributed by atoms with Crippen LogP contribution in [0.15, 0.2) is 5.16 Å². The topological polar surface area (TPSA) is 144 Å². The minimum atomic E-state index is -2.74. The number of hydrogen-bond donors (Lipinski definition) is 0. The maximum Gasteiger partial charge on any atom is 0.534 e. The van der Waals surface area contributed by atoms with Gasteiger partial charge in [0.25, 0.3) is 17.4 Å². The van der Waals surface area contributed by atoms with Crippen molar-refractivity contribution in [2.45, 2.75) is 65.2 Å². The molecule has 0 aliphatic carbocycles. The fourth-order valence-corrected chi connectivity index (χ4v) is 2.70. The van der Waals surface area contributed by atoms with E-state index in [0.29, 0.717) is 9.80 Å². The van der Waals surface area contributed by atoms with Crippen molar-refractivity contribution in [1.82, 2.24) is 14.9 Å². The molecule has 13 heteroatoms. The average Bonchev–Trinajstić information content (AvgIpc) is 2.61. The van der Waals surface area contributed by atoms with E-state index in [9.17, 15) is 24.0 Å². The minimum absolute atomic E-state index is 0.119. The molecule has 1 saturated heterocycles. The van der Waals surface area contributed by atoms with E-state index in [-0.39, 0.29) is 5.06 Å². The molecule has 32 heavy (non-hydrogen) atoms. The Morgan fingerprint density at radius 1 is 0.906 bits per heavy atom.